The highest BCUT2D eigenvalue weighted by atomic mass is 16.1. The Hall–Kier alpha value is -2.36. The molecule has 0 amide bonds. The summed E-state index contributed by atoms with van der Waals surface area (Å²) in [6.45, 7) is 3.57. The first-order valence-electron chi connectivity index (χ1n) is 4.72. The van der Waals surface area contributed by atoms with Gasteiger partial charge < -0.3 is 0 Å². The van der Waals surface area contributed by atoms with Crippen LogP contribution in [0.15, 0.2) is 36.9 Å². The van der Waals surface area contributed by atoms with Crippen molar-refractivity contribution in [1.82, 2.24) is 15.0 Å². The number of benzene rings is 1. The first kappa shape index (κ1) is 10.2. The van der Waals surface area contributed by atoms with Crippen LogP contribution in [0, 0.1) is 0 Å². The van der Waals surface area contributed by atoms with Gasteiger partial charge in [0.15, 0.2) is 23.8 Å². The van der Waals surface area contributed by atoms with E-state index in [1.807, 2.05) is 30.3 Å². The van der Waals surface area contributed by atoms with Gasteiger partial charge in [0.25, 0.3) is 0 Å². The van der Waals surface area contributed by atoms with E-state index in [0.29, 0.717) is 17.9 Å². The standard InChI is InChI=1S/C12H9N3O/c1-2-10-13-11(8-16)15-12(14-10)9-6-4-3-5-7-9/h2-8H,1H2. The lowest BCUT2D eigenvalue weighted by molar-refractivity contribution is 0.111. The van der Waals surface area contributed by atoms with Gasteiger partial charge in [0.2, 0.25) is 0 Å². The molecule has 2 rings (SSSR count). The lowest BCUT2D eigenvalue weighted by atomic mass is 10.2. The minimum Gasteiger partial charge on any atom is -0.294 e. The van der Waals surface area contributed by atoms with Gasteiger partial charge in [0.1, 0.15) is 0 Å². The molecule has 0 fully saturated rings. The number of nitrogens with zero attached hydrogens (tertiary/aromatic N) is 3. The number of rotatable bonds is 3. The molecule has 4 heteroatoms. The first-order valence-corrected chi connectivity index (χ1v) is 4.72. The van der Waals surface area contributed by atoms with Gasteiger partial charge >= 0.3 is 0 Å². The molecule has 4 nitrogen and oxygen atoms in total. The summed E-state index contributed by atoms with van der Waals surface area (Å²) in [6, 6.07) is 9.41. The summed E-state index contributed by atoms with van der Waals surface area (Å²) in [7, 11) is 0. The molecule has 0 saturated heterocycles. The topological polar surface area (TPSA) is 55.7 Å². The highest BCUT2D eigenvalue weighted by molar-refractivity contribution is 5.70. The third-order valence-corrected chi connectivity index (χ3v) is 1.99. The fourth-order valence-electron chi connectivity index (χ4n) is 1.27. The third-order valence-electron chi connectivity index (χ3n) is 1.99. The van der Waals surface area contributed by atoms with Crippen molar-refractivity contribution in [3.8, 4) is 11.4 Å². The summed E-state index contributed by atoms with van der Waals surface area (Å²) in [4.78, 5) is 22.8. The van der Waals surface area contributed by atoms with Crippen molar-refractivity contribution in [2.75, 3.05) is 0 Å². The van der Waals surface area contributed by atoms with Crippen LogP contribution in [0.1, 0.15) is 16.4 Å². The Morgan fingerprint density at radius 3 is 2.31 bits per heavy atom. The third kappa shape index (κ3) is 2.00. The average molecular weight is 211 g/mol. The summed E-state index contributed by atoms with van der Waals surface area (Å²) >= 11 is 0. The molecule has 0 aliphatic rings. The summed E-state index contributed by atoms with van der Waals surface area (Å²) in [5.41, 5.74) is 0.844. The van der Waals surface area contributed by atoms with Gasteiger partial charge in [0.05, 0.1) is 0 Å². The minimum atomic E-state index is 0.115. The largest absolute Gasteiger partial charge is 0.294 e. The minimum absolute atomic E-state index is 0.115. The van der Waals surface area contributed by atoms with E-state index < -0.39 is 0 Å². The molecule has 0 N–H and O–H groups in total. The van der Waals surface area contributed by atoms with Crippen LogP contribution in [0.2, 0.25) is 0 Å². The zero-order valence-corrected chi connectivity index (χ0v) is 8.50. The molecule has 1 aromatic carbocycles. The molecule has 0 atom stereocenters. The fraction of sp³-hybridized carbons (Fsp3) is 0. The van der Waals surface area contributed by atoms with Crippen LogP contribution in [-0.4, -0.2) is 21.2 Å². The molecule has 0 radical (unpaired) electrons. The van der Waals surface area contributed by atoms with Crippen LogP contribution in [0.25, 0.3) is 17.5 Å². The quantitative estimate of drug-likeness (QED) is 0.728. The smallest absolute Gasteiger partial charge is 0.196 e. The Kier molecular flexibility index (Phi) is 2.82. The average Bonchev–Trinajstić information content (AvgIpc) is 2.39. The molecule has 0 spiro atoms. The maximum atomic E-state index is 10.7. The maximum absolute atomic E-state index is 10.7. The van der Waals surface area contributed by atoms with Gasteiger partial charge in [0, 0.05) is 5.56 Å². The molecule has 0 saturated carbocycles. The van der Waals surface area contributed by atoms with Crippen LogP contribution in [0.4, 0.5) is 0 Å². The molecule has 16 heavy (non-hydrogen) atoms. The van der Waals surface area contributed by atoms with Gasteiger partial charge in [-0.1, -0.05) is 36.9 Å². The van der Waals surface area contributed by atoms with Crippen LogP contribution < -0.4 is 0 Å². The fourth-order valence-corrected chi connectivity index (χ4v) is 1.27. The van der Waals surface area contributed by atoms with E-state index in [9.17, 15) is 4.79 Å². The lowest BCUT2D eigenvalue weighted by Crippen LogP contribution is -2.01. The Balaban J connectivity index is 2.56. The summed E-state index contributed by atoms with van der Waals surface area (Å²) in [6.07, 6.45) is 2.09. The van der Waals surface area contributed by atoms with Crippen molar-refractivity contribution in [1.29, 1.82) is 0 Å². The molecular weight excluding hydrogens is 202 g/mol. The number of carbonyl (C=O) groups is 1. The monoisotopic (exact) mass is 211 g/mol. The lowest BCUT2D eigenvalue weighted by Gasteiger charge is -2.01. The zero-order valence-electron chi connectivity index (χ0n) is 8.50. The molecule has 0 bridgehead atoms. The molecule has 78 valence electrons. The second kappa shape index (κ2) is 4.44. The van der Waals surface area contributed by atoms with Gasteiger partial charge in [-0.2, -0.15) is 0 Å². The van der Waals surface area contributed by atoms with E-state index in [4.69, 9.17) is 0 Å². The number of carbonyl (C=O) groups excluding carboxylic acids is 1. The maximum Gasteiger partial charge on any atom is 0.196 e. The van der Waals surface area contributed by atoms with E-state index in [1.54, 1.807) is 0 Å². The Morgan fingerprint density at radius 2 is 1.69 bits per heavy atom. The molecule has 0 aliphatic heterocycles. The van der Waals surface area contributed by atoms with Crippen molar-refractivity contribution >= 4 is 12.4 Å². The molecule has 0 aliphatic carbocycles. The van der Waals surface area contributed by atoms with E-state index >= 15 is 0 Å². The number of aldehydes is 1. The molecule has 1 aromatic heterocycles. The van der Waals surface area contributed by atoms with Crippen LogP contribution in [0.5, 0.6) is 0 Å². The zero-order chi connectivity index (χ0) is 11.4. The van der Waals surface area contributed by atoms with Gasteiger partial charge in [-0.05, 0) is 6.08 Å². The van der Waals surface area contributed by atoms with E-state index in [1.165, 1.54) is 6.08 Å². The highest BCUT2D eigenvalue weighted by Crippen LogP contribution is 2.13. The van der Waals surface area contributed by atoms with Gasteiger partial charge in [-0.3, -0.25) is 4.79 Å². The van der Waals surface area contributed by atoms with Crippen molar-refractivity contribution in [2.45, 2.75) is 0 Å². The SMILES string of the molecule is C=Cc1nc(C=O)nc(-c2ccccc2)n1. The van der Waals surface area contributed by atoms with Crippen LogP contribution in [0.3, 0.4) is 0 Å². The van der Waals surface area contributed by atoms with E-state index in [-0.39, 0.29) is 5.82 Å². The van der Waals surface area contributed by atoms with Gasteiger partial charge in [-0.15, -0.1) is 0 Å². The van der Waals surface area contributed by atoms with Crippen molar-refractivity contribution < 1.29 is 4.79 Å². The summed E-state index contributed by atoms with van der Waals surface area (Å²) in [5, 5.41) is 0. The van der Waals surface area contributed by atoms with E-state index in [0.717, 1.165) is 5.56 Å². The molecule has 2 aromatic rings. The van der Waals surface area contributed by atoms with E-state index in [2.05, 4.69) is 21.5 Å². The Bertz CT molecular complexity index is 497. The van der Waals surface area contributed by atoms with Crippen molar-refractivity contribution in [2.24, 2.45) is 0 Å². The molecular formula is C12H9N3O. The van der Waals surface area contributed by atoms with Crippen LogP contribution >= 0.6 is 0 Å². The highest BCUT2D eigenvalue weighted by Gasteiger charge is 2.05. The predicted molar refractivity (Wildman–Crippen MR) is 60.7 cm³/mol. The summed E-state index contributed by atoms with van der Waals surface area (Å²) in [5.74, 6) is 0.993. The molecule has 0 unspecified atom stereocenters. The molecule has 1 heterocycles. The van der Waals surface area contributed by atoms with Crippen molar-refractivity contribution in [3.05, 3.63) is 48.6 Å². The second-order valence-electron chi connectivity index (χ2n) is 3.06. The summed E-state index contributed by atoms with van der Waals surface area (Å²) < 4.78 is 0. The number of aromatic nitrogens is 3. The van der Waals surface area contributed by atoms with Crippen molar-refractivity contribution in [3.63, 3.8) is 0 Å². The predicted octanol–water partition coefficient (Wildman–Crippen LogP) is 1.99. The number of hydrogen-bond acceptors (Lipinski definition) is 4. The van der Waals surface area contributed by atoms with Gasteiger partial charge in [-0.25, -0.2) is 15.0 Å². The second-order valence-corrected chi connectivity index (χ2v) is 3.06. The first-order chi connectivity index (χ1) is 7.83. The van der Waals surface area contributed by atoms with Crippen LogP contribution in [-0.2, 0) is 0 Å². The normalized spacial score (nSPS) is 9.75. The Labute approximate surface area is 92.7 Å². The number of hydrogen-bond donors (Lipinski definition) is 0. The Morgan fingerprint density at radius 1 is 1.00 bits per heavy atom.